The standard InChI is InChI=1S/C37H64O6Si2/c1-11-30(8)24-34-26-36(9,43-45(15-5,16-6)17-7)29-37(41-34)27-35(42-44(12-2,13-3)14-4)25-33(40-37)22-23-39-28-31-18-20-32(38-10)21-19-31/h11,18-21,33-35H,1,8,12-17,22-29H2,2-7,9-10H3/t33-,34-,35-,36-,37+/m0/s1. The van der Waals surface area contributed by atoms with E-state index in [2.05, 4.69) is 73.8 Å². The molecular formula is C37H64O6Si2. The van der Waals surface area contributed by atoms with Crippen LogP contribution < -0.4 is 4.74 Å². The fourth-order valence-electron chi connectivity index (χ4n) is 7.63. The minimum atomic E-state index is -1.90. The van der Waals surface area contributed by atoms with Crippen molar-refractivity contribution >= 4 is 16.6 Å². The van der Waals surface area contributed by atoms with Crippen LogP contribution in [-0.2, 0) is 29.7 Å². The number of methoxy groups -OCH3 is 1. The van der Waals surface area contributed by atoms with Crippen LogP contribution in [0, 0.1) is 0 Å². The van der Waals surface area contributed by atoms with Gasteiger partial charge < -0.3 is 27.8 Å². The van der Waals surface area contributed by atoms with Crippen molar-refractivity contribution in [3.63, 3.8) is 0 Å². The molecule has 2 fully saturated rings. The van der Waals surface area contributed by atoms with Gasteiger partial charge in [-0.2, -0.15) is 0 Å². The Labute approximate surface area is 277 Å². The van der Waals surface area contributed by atoms with E-state index in [4.69, 9.17) is 27.8 Å². The summed E-state index contributed by atoms with van der Waals surface area (Å²) in [5.74, 6) is 0.0830. The second-order valence-electron chi connectivity index (χ2n) is 13.7. The summed E-state index contributed by atoms with van der Waals surface area (Å²) >= 11 is 0. The Balaban J connectivity index is 1.88. The fraction of sp³-hybridized carbons (Fsp3) is 0.730. The maximum atomic E-state index is 7.34. The van der Waals surface area contributed by atoms with Crippen molar-refractivity contribution in [3.8, 4) is 5.75 Å². The number of allylic oxidation sites excluding steroid dienone is 1. The molecule has 0 unspecified atom stereocenters. The molecule has 8 heteroatoms. The highest BCUT2D eigenvalue weighted by Crippen LogP contribution is 2.49. The normalized spacial score (nSPS) is 27.4. The Kier molecular flexibility index (Phi) is 14.6. The highest BCUT2D eigenvalue weighted by Gasteiger charge is 2.55. The van der Waals surface area contributed by atoms with E-state index in [0.717, 1.165) is 85.3 Å². The summed E-state index contributed by atoms with van der Waals surface area (Å²) in [6.07, 6.45) is 6.54. The largest absolute Gasteiger partial charge is 0.497 e. The lowest BCUT2D eigenvalue weighted by molar-refractivity contribution is -0.347. The molecular weight excluding hydrogens is 597 g/mol. The first kappa shape index (κ1) is 38.2. The van der Waals surface area contributed by atoms with Gasteiger partial charge in [0.2, 0.25) is 0 Å². The fourth-order valence-corrected chi connectivity index (χ4v) is 13.6. The van der Waals surface area contributed by atoms with E-state index in [-0.39, 0.29) is 23.9 Å². The van der Waals surface area contributed by atoms with E-state index in [0.29, 0.717) is 19.6 Å². The minimum absolute atomic E-state index is 0.0204. The first-order valence-corrected chi connectivity index (χ1v) is 22.8. The molecule has 0 amide bonds. The molecule has 0 bridgehead atoms. The molecule has 2 aliphatic rings. The number of benzene rings is 1. The van der Waals surface area contributed by atoms with Crippen molar-refractivity contribution in [1.82, 2.24) is 0 Å². The Morgan fingerprint density at radius 2 is 1.51 bits per heavy atom. The van der Waals surface area contributed by atoms with Crippen LogP contribution in [0.15, 0.2) is 49.1 Å². The van der Waals surface area contributed by atoms with Crippen LogP contribution in [0.1, 0.15) is 92.6 Å². The smallest absolute Gasteiger partial charge is 0.192 e. The molecule has 3 rings (SSSR count). The summed E-state index contributed by atoms with van der Waals surface area (Å²) in [6.45, 7) is 25.6. The van der Waals surface area contributed by atoms with Crippen LogP contribution in [0.2, 0.25) is 36.3 Å². The van der Waals surface area contributed by atoms with Crippen LogP contribution in [0.5, 0.6) is 5.75 Å². The highest BCUT2D eigenvalue weighted by molar-refractivity contribution is 6.74. The van der Waals surface area contributed by atoms with Gasteiger partial charge in [0.15, 0.2) is 22.4 Å². The Hall–Kier alpha value is -1.27. The average Bonchev–Trinajstić information content (AvgIpc) is 3.04. The third-order valence-electron chi connectivity index (χ3n) is 10.7. The highest BCUT2D eigenvalue weighted by atomic mass is 28.4. The van der Waals surface area contributed by atoms with E-state index in [1.807, 2.05) is 18.2 Å². The molecule has 45 heavy (non-hydrogen) atoms. The topological polar surface area (TPSA) is 55.4 Å². The van der Waals surface area contributed by atoms with Crippen molar-refractivity contribution in [2.75, 3.05) is 13.7 Å². The van der Waals surface area contributed by atoms with E-state index in [1.165, 1.54) is 0 Å². The summed E-state index contributed by atoms with van der Waals surface area (Å²) in [5.41, 5.74) is 1.78. The molecule has 2 aliphatic heterocycles. The first-order valence-electron chi connectivity index (χ1n) is 17.7. The second-order valence-corrected chi connectivity index (χ2v) is 23.2. The molecule has 2 saturated heterocycles. The molecule has 0 aliphatic carbocycles. The van der Waals surface area contributed by atoms with Crippen molar-refractivity contribution < 1.29 is 27.8 Å². The van der Waals surface area contributed by atoms with E-state index in [9.17, 15) is 0 Å². The van der Waals surface area contributed by atoms with Gasteiger partial charge in [-0.1, -0.05) is 78.5 Å². The van der Waals surface area contributed by atoms with Gasteiger partial charge in [0.1, 0.15) is 5.75 Å². The Morgan fingerprint density at radius 1 is 0.911 bits per heavy atom. The van der Waals surface area contributed by atoms with Gasteiger partial charge in [-0.3, -0.25) is 0 Å². The quantitative estimate of drug-likeness (QED) is 0.0836. The molecule has 256 valence electrons. The molecule has 5 atom stereocenters. The van der Waals surface area contributed by atoms with Crippen LogP contribution in [0.25, 0.3) is 0 Å². The lowest BCUT2D eigenvalue weighted by Crippen LogP contribution is -2.61. The van der Waals surface area contributed by atoms with Gasteiger partial charge >= 0.3 is 0 Å². The van der Waals surface area contributed by atoms with E-state index >= 15 is 0 Å². The molecule has 2 heterocycles. The monoisotopic (exact) mass is 660 g/mol. The van der Waals surface area contributed by atoms with Crippen LogP contribution in [0.3, 0.4) is 0 Å². The van der Waals surface area contributed by atoms with Gasteiger partial charge in [-0.25, -0.2) is 0 Å². The molecule has 0 N–H and O–H groups in total. The molecule has 0 radical (unpaired) electrons. The second kappa shape index (κ2) is 17.2. The van der Waals surface area contributed by atoms with Crippen molar-refractivity contribution in [2.45, 2.75) is 160 Å². The summed E-state index contributed by atoms with van der Waals surface area (Å²) in [6, 6.07) is 14.8. The van der Waals surface area contributed by atoms with Crippen molar-refractivity contribution in [2.24, 2.45) is 0 Å². The maximum absolute atomic E-state index is 7.34. The summed E-state index contributed by atoms with van der Waals surface area (Å²) < 4.78 is 40.2. The number of hydrogen-bond acceptors (Lipinski definition) is 6. The molecule has 1 aromatic rings. The SMILES string of the molecule is C=CC(=C)C[C@H]1C[C@](C)(O[Si](CC)(CC)CC)C[C@@]2(C[C@@H](O[Si](CC)(CC)CC)C[C@H](CCOCc3ccc(OC)cc3)O2)O1. The minimum Gasteiger partial charge on any atom is -0.497 e. The van der Waals surface area contributed by atoms with Gasteiger partial charge in [0, 0.05) is 25.9 Å². The third-order valence-corrected chi connectivity index (χ3v) is 20.2. The Bertz CT molecular complexity index is 1040. The van der Waals surface area contributed by atoms with E-state index < -0.39 is 22.4 Å². The number of rotatable bonds is 19. The van der Waals surface area contributed by atoms with Gasteiger partial charge in [0.05, 0.1) is 37.6 Å². The van der Waals surface area contributed by atoms with Crippen molar-refractivity contribution in [3.05, 3.63) is 54.6 Å². The van der Waals surface area contributed by atoms with Gasteiger partial charge in [-0.15, -0.1) is 0 Å². The third kappa shape index (κ3) is 10.4. The maximum Gasteiger partial charge on any atom is 0.192 e. The van der Waals surface area contributed by atoms with Crippen molar-refractivity contribution in [1.29, 1.82) is 0 Å². The molecule has 0 aromatic heterocycles. The molecule has 1 spiro atoms. The van der Waals surface area contributed by atoms with E-state index in [1.54, 1.807) is 7.11 Å². The molecule has 1 aromatic carbocycles. The number of hydrogen-bond donors (Lipinski definition) is 0. The average molecular weight is 661 g/mol. The zero-order chi connectivity index (χ0) is 33.1. The lowest BCUT2D eigenvalue weighted by Gasteiger charge is -2.55. The van der Waals surface area contributed by atoms with Gasteiger partial charge in [0.25, 0.3) is 0 Å². The first-order chi connectivity index (χ1) is 21.5. The predicted octanol–water partition coefficient (Wildman–Crippen LogP) is 9.96. The molecule has 0 saturated carbocycles. The summed E-state index contributed by atoms with van der Waals surface area (Å²) in [7, 11) is -2.06. The van der Waals surface area contributed by atoms with Crippen LogP contribution in [-0.4, -0.2) is 60.1 Å². The summed E-state index contributed by atoms with van der Waals surface area (Å²) in [4.78, 5) is 0. The van der Waals surface area contributed by atoms with Crippen LogP contribution >= 0.6 is 0 Å². The van der Waals surface area contributed by atoms with Crippen LogP contribution in [0.4, 0.5) is 0 Å². The number of ether oxygens (including phenoxy) is 4. The van der Waals surface area contributed by atoms with Gasteiger partial charge in [-0.05, 0) is 80.1 Å². The Morgan fingerprint density at radius 3 is 2.07 bits per heavy atom. The predicted molar refractivity (Wildman–Crippen MR) is 191 cm³/mol. The molecule has 6 nitrogen and oxygen atoms in total. The lowest BCUT2D eigenvalue weighted by atomic mass is 9.81. The zero-order valence-electron chi connectivity index (χ0n) is 29.9. The summed E-state index contributed by atoms with van der Waals surface area (Å²) in [5, 5.41) is 0. The zero-order valence-corrected chi connectivity index (χ0v) is 31.9.